The molecule has 0 unspecified atom stereocenters. The number of H-pyrrole nitrogens is 1. The van der Waals surface area contributed by atoms with Crippen molar-refractivity contribution in [2.45, 2.75) is 19.8 Å². The summed E-state index contributed by atoms with van der Waals surface area (Å²) < 4.78 is 4.97. The van der Waals surface area contributed by atoms with Crippen LogP contribution in [0.1, 0.15) is 27.5 Å². The Balaban J connectivity index is 1.47. The Labute approximate surface area is 142 Å². The Morgan fingerprint density at radius 3 is 3.17 bits per heavy atom. The highest BCUT2D eigenvalue weighted by atomic mass is 32.1. The van der Waals surface area contributed by atoms with E-state index in [1.54, 1.807) is 29.5 Å². The molecule has 0 radical (unpaired) electrons. The van der Waals surface area contributed by atoms with E-state index in [4.69, 9.17) is 4.42 Å². The van der Waals surface area contributed by atoms with E-state index in [0.29, 0.717) is 22.6 Å². The number of hydrogen-bond acceptors (Lipinski definition) is 5. The SMILES string of the molecule is Cc1csc(C[C@H]2CCN(C(=O)c3ccc4oc(=O)[nH]c4c3)C2)n1. The molecule has 0 spiro atoms. The van der Waals surface area contributed by atoms with Gasteiger partial charge in [0.1, 0.15) is 0 Å². The zero-order valence-corrected chi connectivity index (χ0v) is 14.1. The highest BCUT2D eigenvalue weighted by Crippen LogP contribution is 2.24. The van der Waals surface area contributed by atoms with Crippen molar-refractivity contribution in [3.8, 4) is 0 Å². The van der Waals surface area contributed by atoms with Gasteiger partial charge in [0.05, 0.1) is 10.5 Å². The van der Waals surface area contributed by atoms with Gasteiger partial charge in [-0.2, -0.15) is 0 Å². The second-order valence-corrected chi connectivity index (χ2v) is 7.16. The smallest absolute Gasteiger partial charge is 0.408 e. The highest BCUT2D eigenvalue weighted by molar-refractivity contribution is 7.09. The molecule has 1 saturated heterocycles. The molecule has 6 nitrogen and oxygen atoms in total. The van der Waals surface area contributed by atoms with Crippen LogP contribution in [0.3, 0.4) is 0 Å². The number of benzene rings is 1. The summed E-state index contributed by atoms with van der Waals surface area (Å²) in [7, 11) is 0. The van der Waals surface area contributed by atoms with Crippen molar-refractivity contribution in [3.05, 3.63) is 50.4 Å². The number of likely N-dealkylation sites (tertiary alicyclic amines) is 1. The molecule has 0 saturated carbocycles. The Morgan fingerprint density at radius 1 is 1.50 bits per heavy atom. The van der Waals surface area contributed by atoms with Gasteiger partial charge in [-0.15, -0.1) is 11.3 Å². The lowest BCUT2D eigenvalue weighted by molar-refractivity contribution is 0.0787. The lowest BCUT2D eigenvalue weighted by Crippen LogP contribution is -2.28. The Hall–Kier alpha value is -2.41. The van der Waals surface area contributed by atoms with Gasteiger partial charge >= 0.3 is 5.76 Å². The first kappa shape index (κ1) is 15.1. The van der Waals surface area contributed by atoms with E-state index in [0.717, 1.165) is 36.6 Å². The molecule has 1 N–H and O–H groups in total. The number of rotatable bonds is 3. The van der Waals surface area contributed by atoms with E-state index in [1.807, 2.05) is 11.8 Å². The summed E-state index contributed by atoms with van der Waals surface area (Å²) in [6.07, 6.45) is 1.92. The third-order valence-electron chi connectivity index (χ3n) is 4.37. The largest absolute Gasteiger partial charge is 0.417 e. The summed E-state index contributed by atoms with van der Waals surface area (Å²) in [5.74, 6) is -0.0525. The summed E-state index contributed by atoms with van der Waals surface area (Å²) in [6.45, 7) is 3.51. The number of fused-ring (bicyclic) bond motifs is 1. The minimum Gasteiger partial charge on any atom is -0.408 e. The standard InChI is InChI=1S/C17H17N3O3S/c1-10-9-24-15(18-10)6-11-4-5-20(8-11)16(21)12-2-3-14-13(7-12)19-17(22)23-14/h2-3,7,9,11H,4-6,8H2,1H3,(H,19,22)/t11-/m1/s1. The summed E-state index contributed by atoms with van der Waals surface area (Å²) in [4.78, 5) is 32.9. The van der Waals surface area contributed by atoms with Crippen LogP contribution in [0.4, 0.5) is 0 Å². The number of nitrogens with one attached hydrogen (secondary N) is 1. The molecule has 124 valence electrons. The average molecular weight is 343 g/mol. The fourth-order valence-electron chi connectivity index (χ4n) is 3.19. The summed E-state index contributed by atoms with van der Waals surface area (Å²) >= 11 is 1.69. The van der Waals surface area contributed by atoms with E-state index in [-0.39, 0.29) is 5.91 Å². The molecule has 24 heavy (non-hydrogen) atoms. The van der Waals surface area contributed by atoms with Gasteiger partial charge in [0.2, 0.25) is 0 Å². The molecular formula is C17H17N3O3S. The molecule has 2 aromatic heterocycles. The number of aryl methyl sites for hydroxylation is 1. The van der Waals surface area contributed by atoms with E-state index in [1.165, 1.54) is 0 Å². The van der Waals surface area contributed by atoms with Crippen molar-refractivity contribution in [1.82, 2.24) is 14.9 Å². The third kappa shape index (κ3) is 2.87. The normalized spacial score (nSPS) is 17.7. The fourth-order valence-corrected chi connectivity index (χ4v) is 4.08. The van der Waals surface area contributed by atoms with Crippen molar-refractivity contribution in [2.75, 3.05) is 13.1 Å². The van der Waals surface area contributed by atoms with Crippen LogP contribution in [0.2, 0.25) is 0 Å². The van der Waals surface area contributed by atoms with Gasteiger partial charge in [0.15, 0.2) is 5.58 Å². The van der Waals surface area contributed by atoms with Crippen LogP contribution in [0.5, 0.6) is 0 Å². The van der Waals surface area contributed by atoms with E-state index < -0.39 is 5.76 Å². The highest BCUT2D eigenvalue weighted by Gasteiger charge is 2.28. The fraction of sp³-hybridized carbons (Fsp3) is 0.353. The predicted molar refractivity (Wildman–Crippen MR) is 91.4 cm³/mol. The van der Waals surface area contributed by atoms with Crippen molar-refractivity contribution in [1.29, 1.82) is 0 Å². The van der Waals surface area contributed by atoms with Gasteiger partial charge in [-0.05, 0) is 37.5 Å². The first-order valence-electron chi connectivity index (χ1n) is 7.91. The molecule has 7 heteroatoms. The van der Waals surface area contributed by atoms with Crippen LogP contribution >= 0.6 is 11.3 Å². The molecule has 3 aromatic rings. The number of oxazole rings is 1. The van der Waals surface area contributed by atoms with Crippen LogP contribution in [0, 0.1) is 12.8 Å². The number of hydrogen-bond donors (Lipinski definition) is 1. The molecule has 1 aliphatic rings. The first-order valence-corrected chi connectivity index (χ1v) is 8.79. The van der Waals surface area contributed by atoms with Crippen molar-refractivity contribution in [2.24, 2.45) is 5.92 Å². The number of carbonyl (C=O) groups excluding carboxylic acids is 1. The minimum atomic E-state index is -0.505. The Bertz CT molecular complexity index is 955. The lowest BCUT2D eigenvalue weighted by atomic mass is 10.1. The maximum absolute atomic E-state index is 12.7. The molecule has 1 aliphatic heterocycles. The van der Waals surface area contributed by atoms with Gasteiger partial charge in [0.25, 0.3) is 5.91 Å². The van der Waals surface area contributed by atoms with Crippen LogP contribution < -0.4 is 5.76 Å². The van der Waals surface area contributed by atoms with Gasteiger partial charge in [-0.1, -0.05) is 0 Å². The number of thiazole rings is 1. The van der Waals surface area contributed by atoms with E-state index >= 15 is 0 Å². The predicted octanol–water partition coefficient (Wildman–Crippen LogP) is 2.59. The quantitative estimate of drug-likeness (QED) is 0.793. The molecule has 1 aromatic carbocycles. The number of nitrogens with zero attached hydrogens (tertiary/aromatic N) is 2. The zero-order chi connectivity index (χ0) is 16.7. The first-order chi connectivity index (χ1) is 11.6. The topological polar surface area (TPSA) is 79.2 Å². The van der Waals surface area contributed by atoms with Crippen LogP contribution in [0.25, 0.3) is 11.1 Å². The second-order valence-electron chi connectivity index (χ2n) is 6.22. The van der Waals surface area contributed by atoms with E-state index in [9.17, 15) is 9.59 Å². The molecule has 3 heterocycles. The van der Waals surface area contributed by atoms with Crippen LogP contribution in [-0.2, 0) is 6.42 Å². The lowest BCUT2D eigenvalue weighted by Gasteiger charge is -2.16. The van der Waals surface area contributed by atoms with Gasteiger partial charge in [0, 0.05) is 36.1 Å². The molecule has 4 rings (SSSR count). The zero-order valence-electron chi connectivity index (χ0n) is 13.2. The number of aromatic amines is 1. The van der Waals surface area contributed by atoms with Crippen molar-refractivity contribution in [3.63, 3.8) is 0 Å². The molecule has 1 atom stereocenters. The van der Waals surface area contributed by atoms with Crippen molar-refractivity contribution < 1.29 is 9.21 Å². The molecule has 1 amide bonds. The number of amides is 1. The summed E-state index contributed by atoms with van der Waals surface area (Å²) in [5, 5.41) is 3.21. The maximum Gasteiger partial charge on any atom is 0.417 e. The molecule has 1 fully saturated rings. The van der Waals surface area contributed by atoms with E-state index in [2.05, 4.69) is 15.3 Å². The molecule has 0 bridgehead atoms. The summed E-state index contributed by atoms with van der Waals surface area (Å²) in [6, 6.07) is 5.05. The van der Waals surface area contributed by atoms with Gasteiger partial charge < -0.3 is 9.32 Å². The van der Waals surface area contributed by atoms with Crippen LogP contribution in [0.15, 0.2) is 32.8 Å². The number of aromatic nitrogens is 2. The van der Waals surface area contributed by atoms with Crippen LogP contribution in [-0.4, -0.2) is 33.9 Å². The molecule has 0 aliphatic carbocycles. The molecular weight excluding hydrogens is 326 g/mol. The minimum absolute atomic E-state index is 0.00299. The maximum atomic E-state index is 12.7. The number of carbonyl (C=O) groups is 1. The monoisotopic (exact) mass is 343 g/mol. The van der Waals surface area contributed by atoms with Gasteiger partial charge in [-0.25, -0.2) is 9.78 Å². The Morgan fingerprint density at radius 2 is 2.38 bits per heavy atom. The average Bonchev–Trinajstić information content (AvgIpc) is 3.26. The van der Waals surface area contributed by atoms with Crippen molar-refractivity contribution >= 4 is 28.3 Å². The summed E-state index contributed by atoms with van der Waals surface area (Å²) in [5.41, 5.74) is 2.66. The Kier molecular flexibility index (Phi) is 3.72. The third-order valence-corrected chi connectivity index (χ3v) is 5.36. The second kappa shape index (κ2) is 5.90. The van der Waals surface area contributed by atoms with Gasteiger partial charge in [-0.3, -0.25) is 9.78 Å².